The highest BCUT2D eigenvalue weighted by Gasteiger charge is 2.10. The molecule has 0 aliphatic heterocycles. The predicted octanol–water partition coefficient (Wildman–Crippen LogP) is 2.50. The fourth-order valence-corrected chi connectivity index (χ4v) is 2.19. The average Bonchev–Trinajstić information content (AvgIpc) is 2.94. The zero-order valence-electron chi connectivity index (χ0n) is 11.4. The number of aromatic amines is 1. The number of carbonyl (C=O) groups is 1. The highest BCUT2D eigenvalue weighted by Crippen LogP contribution is 2.19. The van der Waals surface area contributed by atoms with Crippen molar-refractivity contribution in [1.29, 1.82) is 5.26 Å². The Morgan fingerprint density at radius 3 is 3.05 bits per heavy atom. The molecular formula is C16H11FN4O. The van der Waals surface area contributed by atoms with Crippen molar-refractivity contribution in [3.63, 3.8) is 0 Å². The zero-order chi connectivity index (χ0) is 15.5. The molecule has 1 aromatic carbocycles. The zero-order valence-corrected chi connectivity index (χ0v) is 11.4. The van der Waals surface area contributed by atoms with Crippen LogP contribution in [0.5, 0.6) is 0 Å². The summed E-state index contributed by atoms with van der Waals surface area (Å²) in [6.45, 7) is 0.237. The van der Waals surface area contributed by atoms with E-state index >= 15 is 0 Å². The molecule has 6 heteroatoms. The van der Waals surface area contributed by atoms with Gasteiger partial charge in [0.15, 0.2) is 0 Å². The second-order valence-electron chi connectivity index (χ2n) is 4.73. The van der Waals surface area contributed by atoms with Crippen molar-refractivity contribution in [2.75, 3.05) is 0 Å². The smallest absolute Gasteiger partial charge is 0.270 e. The van der Waals surface area contributed by atoms with Gasteiger partial charge in [-0.25, -0.2) is 4.39 Å². The minimum absolute atomic E-state index is 0.171. The Morgan fingerprint density at radius 1 is 1.36 bits per heavy atom. The molecule has 0 saturated heterocycles. The van der Waals surface area contributed by atoms with E-state index in [1.54, 1.807) is 12.3 Å². The number of amides is 1. The van der Waals surface area contributed by atoms with Crippen LogP contribution in [0.3, 0.4) is 0 Å². The number of carbonyl (C=O) groups excluding carboxylic acids is 1. The van der Waals surface area contributed by atoms with Crippen LogP contribution in [0.15, 0.2) is 42.7 Å². The molecule has 1 amide bonds. The summed E-state index contributed by atoms with van der Waals surface area (Å²) in [7, 11) is 0. The Labute approximate surface area is 125 Å². The van der Waals surface area contributed by atoms with E-state index < -0.39 is 0 Å². The van der Waals surface area contributed by atoms with Crippen LogP contribution in [0.25, 0.3) is 10.9 Å². The van der Waals surface area contributed by atoms with Crippen LogP contribution in [0.1, 0.15) is 21.6 Å². The summed E-state index contributed by atoms with van der Waals surface area (Å²) >= 11 is 0. The number of pyridine rings is 1. The van der Waals surface area contributed by atoms with Crippen molar-refractivity contribution in [1.82, 2.24) is 15.3 Å². The quantitative estimate of drug-likeness (QED) is 0.778. The largest absolute Gasteiger partial charge is 0.361 e. The van der Waals surface area contributed by atoms with Gasteiger partial charge in [-0.05, 0) is 35.9 Å². The van der Waals surface area contributed by atoms with Crippen molar-refractivity contribution in [3.8, 4) is 6.07 Å². The summed E-state index contributed by atoms with van der Waals surface area (Å²) < 4.78 is 13.3. The fourth-order valence-electron chi connectivity index (χ4n) is 2.19. The number of halogens is 1. The lowest BCUT2D eigenvalue weighted by atomic mass is 10.1. The van der Waals surface area contributed by atoms with E-state index in [0.717, 1.165) is 16.5 Å². The van der Waals surface area contributed by atoms with Crippen molar-refractivity contribution in [3.05, 3.63) is 65.4 Å². The third-order valence-corrected chi connectivity index (χ3v) is 3.29. The second kappa shape index (κ2) is 5.66. The molecule has 2 heterocycles. The van der Waals surface area contributed by atoms with E-state index in [1.165, 1.54) is 30.5 Å². The molecule has 0 bridgehead atoms. The third kappa shape index (κ3) is 2.65. The highest BCUT2D eigenvalue weighted by molar-refractivity contribution is 5.93. The van der Waals surface area contributed by atoms with E-state index in [0.29, 0.717) is 5.56 Å². The molecule has 0 saturated carbocycles. The number of rotatable bonds is 3. The second-order valence-corrected chi connectivity index (χ2v) is 4.73. The van der Waals surface area contributed by atoms with Crippen LogP contribution in [-0.4, -0.2) is 15.9 Å². The number of nitriles is 1. The van der Waals surface area contributed by atoms with Crippen molar-refractivity contribution < 1.29 is 9.18 Å². The summed E-state index contributed by atoms with van der Waals surface area (Å²) in [6.07, 6.45) is 3.14. The highest BCUT2D eigenvalue weighted by atomic mass is 19.1. The molecule has 0 fully saturated rings. The van der Waals surface area contributed by atoms with Gasteiger partial charge in [0.2, 0.25) is 0 Å². The summed E-state index contributed by atoms with van der Waals surface area (Å²) in [6, 6.07) is 9.34. The van der Waals surface area contributed by atoms with E-state index in [9.17, 15) is 9.18 Å². The molecule has 0 unspecified atom stereocenters. The molecule has 0 aliphatic carbocycles. The standard InChI is InChI=1S/C16H11FN4O/c17-12-1-2-14-13(6-12)11(8-20-14)9-21-16(22)15-5-10(7-18)3-4-19-15/h1-6,8,20H,9H2,(H,21,22). The van der Waals surface area contributed by atoms with E-state index in [4.69, 9.17) is 5.26 Å². The lowest BCUT2D eigenvalue weighted by Crippen LogP contribution is -2.23. The van der Waals surface area contributed by atoms with Crippen molar-refractivity contribution >= 4 is 16.8 Å². The maximum atomic E-state index is 13.3. The first-order valence-corrected chi connectivity index (χ1v) is 6.57. The molecule has 3 rings (SSSR count). The van der Waals surface area contributed by atoms with Gasteiger partial charge < -0.3 is 10.3 Å². The summed E-state index contributed by atoms with van der Waals surface area (Å²) in [4.78, 5) is 19.0. The monoisotopic (exact) mass is 294 g/mol. The van der Waals surface area contributed by atoms with Gasteiger partial charge in [0, 0.05) is 29.8 Å². The number of hydrogen-bond donors (Lipinski definition) is 2. The predicted molar refractivity (Wildman–Crippen MR) is 78.4 cm³/mol. The van der Waals surface area contributed by atoms with Gasteiger partial charge in [0.25, 0.3) is 5.91 Å². The molecule has 108 valence electrons. The lowest BCUT2D eigenvalue weighted by molar-refractivity contribution is 0.0946. The van der Waals surface area contributed by atoms with Crippen LogP contribution in [0.4, 0.5) is 4.39 Å². The number of hydrogen-bond acceptors (Lipinski definition) is 3. The lowest BCUT2D eigenvalue weighted by Gasteiger charge is -2.04. The molecule has 0 atom stereocenters. The minimum atomic E-state index is -0.386. The van der Waals surface area contributed by atoms with Crippen molar-refractivity contribution in [2.24, 2.45) is 0 Å². The van der Waals surface area contributed by atoms with E-state index in [2.05, 4.69) is 15.3 Å². The molecule has 2 aromatic heterocycles. The summed E-state index contributed by atoms with van der Waals surface area (Å²) in [5.74, 6) is -0.717. The van der Waals surface area contributed by atoms with Gasteiger partial charge in [0.05, 0.1) is 11.6 Å². The van der Waals surface area contributed by atoms with Gasteiger partial charge in [0.1, 0.15) is 11.5 Å². The molecule has 0 spiro atoms. The van der Waals surface area contributed by atoms with Crippen LogP contribution in [-0.2, 0) is 6.54 Å². The fraction of sp³-hybridized carbons (Fsp3) is 0.0625. The molecule has 2 N–H and O–H groups in total. The molecule has 0 aliphatic rings. The number of aromatic nitrogens is 2. The molecule has 5 nitrogen and oxygen atoms in total. The number of nitrogens with zero attached hydrogens (tertiary/aromatic N) is 2. The summed E-state index contributed by atoms with van der Waals surface area (Å²) in [5, 5.41) is 12.3. The first-order valence-electron chi connectivity index (χ1n) is 6.57. The molecule has 0 radical (unpaired) electrons. The first-order chi connectivity index (χ1) is 10.7. The Hall–Kier alpha value is -3.20. The van der Waals surface area contributed by atoms with Crippen molar-refractivity contribution in [2.45, 2.75) is 6.54 Å². The maximum Gasteiger partial charge on any atom is 0.270 e. The van der Waals surface area contributed by atoms with E-state index in [1.807, 2.05) is 6.07 Å². The van der Waals surface area contributed by atoms with Gasteiger partial charge in [-0.15, -0.1) is 0 Å². The number of H-pyrrole nitrogens is 1. The van der Waals surface area contributed by atoms with Gasteiger partial charge >= 0.3 is 0 Å². The van der Waals surface area contributed by atoms with Crippen LogP contribution in [0, 0.1) is 17.1 Å². The van der Waals surface area contributed by atoms with Gasteiger partial charge in [-0.1, -0.05) is 0 Å². The Kier molecular flexibility index (Phi) is 3.54. The van der Waals surface area contributed by atoms with Gasteiger partial charge in [-0.3, -0.25) is 9.78 Å². The SMILES string of the molecule is N#Cc1ccnc(C(=O)NCc2c[nH]c3ccc(F)cc23)c1. The Morgan fingerprint density at radius 2 is 2.23 bits per heavy atom. The number of fused-ring (bicyclic) bond motifs is 1. The third-order valence-electron chi connectivity index (χ3n) is 3.29. The van der Waals surface area contributed by atoms with Crippen LogP contribution in [0.2, 0.25) is 0 Å². The summed E-state index contributed by atoms with van der Waals surface area (Å²) in [5.41, 5.74) is 2.12. The van der Waals surface area contributed by atoms with Crippen LogP contribution < -0.4 is 5.32 Å². The minimum Gasteiger partial charge on any atom is -0.361 e. The number of benzene rings is 1. The molecular weight excluding hydrogens is 283 g/mol. The normalized spacial score (nSPS) is 10.4. The Bertz CT molecular complexity index is 895. The average molecular weight is 294 g/mol. The van der Waals surface area contributed by atoms with Gasteiger partial charge in [-0.2, -0.15) is 5.26 Å². The Balaban J connectivity index is 1.77. The molecule has 3 aromatic rings. The molecule has 22 heavy (non-hydrogen) atoms. The number of nitrogens with one attached hydrogen (secondary N) is 2. The van der Waals surface area contributed by atoms with Crippen LogP contribution >= 0.6 is 0 Å². The maximum absolute atomic E-state index is 13.3. The van der Waals surface area contributed by atoms with E-state index in [-0.39, 0.29) is 24.0 Å². The topological polar surface area (TPSA) is 81.6 Å². The first kappa shape index (κ1) is 13.8.